The van der Waals surface area contributed by atoms with Gasteiger partial charge in [-0.15, -0.1) is 5.10 Å². The van der Waals surface area contributed by atoms with Gasteiger partial charge < -0.3 is 14.6 Å². The van der Waals surface area contributed by atoms with E-state index in [0.29, 0.717) is 14.9 Å². The Kier molecular flexibility index (Phi) is 6.20. The molecule has 1 heterocycles. The summed E-state index contributed by atoms with van der Waals surface area (Å²) >= 11 is 2.94. The number of ether oxygens (including phenoxy) is 2. The number of aromatic hydroxyl groups is 1. The Bertz CT molecular complexity index is 776. The minimum Gasteiger partial charge on any atom is -0.504 e. The van der Waals surface area contributed by atoms with Gasteiger partial charge in [-0.2, -0.15) is 5.10 Å². The second kappa shape index (κ2) is 8.15. The summed E-state index contributed by atoms with van der Waals surface area (Å²) < 4.78 is 10.0. The molecule has 2 rings (SSSR count). The number of amides is 1. The predicted molar refractivity (Wildman–Crippen MR) is 98.2 cm³/mol. The fraction of sp³-hybridized carbons (Fsp3) is 0.143. The first-order valence-corrected chi connectivity index (χ1v) is 8.31. The van der Waals surface area contributed by atoms with Crippen LogP contribution in [0.5, 0.6) is 11.5 Å². The summed E-state index contributed by atoms with van der Waals surface area (Å²) in [6, 6.07) is 3.32. The van der Waals surface area contributed by atoms with Crippen LogP contribution in [0.15, 0.2) is 33.3 Å². The van der Waals surface area contributed by atoms with Crippen molar-refractivity contribution < 1.29 is 24.2 Å². The van der Waals surface area contributed by atoms with Crippen molar-refractivity contribution in [3.05, 3.63) is 32.2 Å². The van der Waals surface area contributed by atoms with E-state index in [2.05, 4.69) is 20.3 Å². The Morgan fingerprint density at radius 1 is 1.42 bits per heavy atom. The van der Waals surface area contributed by atoms with E-state index in [1.807, 2.05) is 22.6 Å². The lowest BCUT2D eigenvalue weighted by molar-refractivity contribution is -0.135. The van der Waals surface area contributed by atoms with Crippen LogP contribution in [-0.4, -0.2) is 42.6 Å². The molecule has 0 saturated carbocycles. The Hall–Kier alpha value is -2.08. The molecular weight excluding hydrogens is 449 g/mol. The van der Waals surface area contributed by atoms with Crippen molar-refractivity contribution in [2.24, 2.45) is 10.2 Å². The maximum atomic E-state index is 11.6. The molecule has 1 aliphatic heterocycles. The van der Waals surface area contributed by atoms with Crippen molar-refractivity contribution in [2.75, 3.05) is 14.2 Å². The molecule has 1 amide bonds. The number of hydrogen-bond acceptors (Lipinski definition) is 8. The Balaban J connectivity index is 2.13. The number of carbonyl (C=O) groups excluding carboxylic acids is 2. The Morgan fingerprint density at radius 3 is 2.83 bits per heavy atom. The molecule has 8 nitrogen and oxygen atoms in total. The van der Waals surface area contributed by atoms with Crippen molar-refractivity contribution in [2.45, 2.75) is 0 Å². The maximum Gasteiger partial charge on any atom is 0.331 e. The third-order valence-corrected chi connectivity index (χ3v) is 4.81. The van der Waals surface area contributed by atoms with Crippen LogP contribution in [0, 0.1) is 3.57 Å². The van der Waals surface area contributed by atoms with E-state index in [4.69, 9.17) is 4.74 Å². The van der Waals surface area contributed by atoms with Crippen LogP contribution in [0.1, 0.15) is 5.56 Å². The van der Waals surface area contributed by atoms with Gasteiger partial charge in [-0.05, 0) is 46.5 Å². The van der Waals surface area contributed by atoms with E-state index >= 15 is 0 Å². The molecule has 2 N–H and O–H groups in total. The van der Waals surface area contributed by atoms with Gasteiger partial charge in [-0.25, -0.2) is 4.79 Å². The van der Waals surface area contributed by atoms with Crippen molar-refractivity contribution in [1.82, 2.24) is 5.32 Å². The Labute approximate surface area is 155 Å². The molecule has 0 aliphatic carbocycles. The lowest BCUT2D eigenvalue weighted by Crippen LogP contribution is -2.19. The zero-order chi connectivity index (χ0) is 17.7. The highest BCUT2D eigenvalue weighted by Gasteiger charge is 2.25. The first-order valence-electron chi connectivity index (χ1n) is 6.41. The highest BCUT2D eigenvalue weighted by atomic mass is 127. The van der Waals surface area contributed by atoms with Gasteiger partial charge in [-0.3, -0.25) is 10.1 Å². The molecule has 0 atom stereocenters. The molecule has 10 heteroatoms. The van der Waals surface area contributed by atoms with E-state index in [-0.39, 0.29) is 15.8 Å². The Morgan fingerprint density at radius 2 is 2.17 bits per heavy atom. The van der Waals surface area contributed by atoms with E-state index in [0.717, 1.165) is 17.8 Å². The number of benzene rings is 1. The lowest BCUT2D eigenvalue weighted by Gasteiger charge is -2.06. The number of nitrogens with one attached hydrogen (secondary N) is 1. The number of nitrogens with zero attached hydrogens (tertiary/aromatic N) is 2. The second-order valence-corrected chi connectivity index (χ2v) is 6.37. The molecule has 0 radical (unpaired) electrons. The van der Waals surface area contributed by atoms with Crippen LogP contribution in [0.4, 0.5) is 0 Å². The summed E-state index contributed by atoms with van der Waals surface area (Å²) in [5, 5.41) is 20.4. The summed E-state index contributed by atoms with van der Waals surface area (Å²) in [5.41, 5.74) is 0.637. The molecule has 1 aromatic carbocycles. The van der Waals surface area contributed by atoms with Crippen LogP contribution in [0.25, 0.3) is 0 Å². The molecule has 1 aromatic rings. The fourth-order valence-electron chi connectivity index (χ4n) is 1.61. The lowest BCUT2D eigenvalue weighted by atomic mass is 10.2. The standard InChI is InChI=1S/C14H12IN3O5S/c1-22-8-4-3-7(11(15)12(8)20)6-16-18-14-17-13(21)9(24-14)5-10(19)23-2/h3-6,20H,1-2H3,(H,17,18,21)/b9-5+,16-6?. The summed E-state index contributed by atoms with van der Waals surface area (Å²) in [6.45, 7) is 0. The number of methoxy groups -OCH3 is 2. The number of amidine groups is 1. The van der Waals surface area contributed by atoms with E-state index in [1.54, 1.807) is 12.1 Å². The van der Waals surface area contributed by atoms with Gasteiger partial charge in [0.2, 0.25) is 0 Å². The van der Waals surface area contributed by atoms with Gasteiger partial charge in [0.05, 0.1) is 28.9 Å². The summed E-state index contributed by atoms with van der Waals surface area (Å²) in [6.07, 6.45) is 2.51. The number of phenolic OH excluding ortho intramolecular Hbond substituents is 1. The average Bonchev–Trinajstić information content (AvgIpc) is 2.91. The molecule has 0 bridgehead atoms. The SMILES string of the molecule is COC(=O)/C=C1/S/C(=N\N=Cc2ccc(OC)c(O)c2I)NC1=O. The molecular formula is C14H12IN3O5S. The summed E-state index contributed by atoms with van der Waals surface area (Å²) in [4.78, 5) is 23.0. The van der Waals surface area contributed by atoms with Crippen LogP contribution in [-0.2, 0) is 14.3 Å². The third kappa shape index (κ3) is 4.26. The fourth-order valence-corrected chi connectivity index (χ4v) is 2.94. The van der Waals surface area contributed by atoms with Gasteiger partial charge in [0.1, 0.15) is 0 Å². The molecule has 0 unspecified atom stereocenters. The van der Waals surface area contributed by atoms with Gasteiger partial charge in [-0.1, -0.05) is 0 Å². The van der Waals surface area contributed by atoms with Crippen molar-refractivity contribution in [3.63, 3.8) is 0 Å². The number of thioether (sulfide) groups is 1. The van der Waals surface area contributed by atoms with Gasteiger partial charge >= 0.3 is 5.97 Å². The first-order chi connectivity index (χ1) is 11.5. The normalized spacial score (nSPS) is 17.5. The summed E-state index contributed by atoms with van der Waals surface area (Å²) in [7, 11) is 2.69. The van der Waals surface area contributed by atoms with Gasteiger partial charge in [0.25, 0.3) is 5.91 Å². The molecule has 24 heavy (non-hydrogen) atoms. The second-order valence-electron chi connectivity index (χ2n) is 4.26. The van der Waals surface area contributed by atoms with Crippen molar-refractivity contribution in [1.29, 1.82) is 0 Å². The molecule has 1 aliphatic rings. The van der Waals surface area contributed by atoms with Crippen LogP contribution >= 0.6 is 34.4 Å². The largest absolute Gasteiger partial charge is 0.504 e. The minimum atomic E-state index is -0.624. The number of carbonyl (C=O) groups is 2. The van der Waals surface area contributed by atoms with Crippen LogP contribution in [0.3, 0.4) is 0 Å². The quantitative estimate of drug-likeness (QED) is 0.232. The summed E-state index contributed by atoms with van der Waals surface area (Å²) in [5.74, 6) is -0.697. The highest BCUT2D eigenvalue weighted by molar-refractivity contribution is 14.1. The van der Waals surface area contributed by atoms with Crippen molar-refractivity contribution in [3.8, 4) is 11.5 Å². The number of halogens is 1. The molecule has 126 valence electrons. The van der Waals surface area contributed by atoms with E-state index in [1.165, 1.54) is 20.4 Å². The number of rotatable bonds is 4. The topological polar surface area (TPSA) is 110 Å². The van der Waals surface area contributed by atoms with Crippen LogP contribution < -0.4 is 10.1 Å². The zero-order valence-electron chi connectivity index (χ0n) is 12.6. The predicted octanol–water partition coefficient (Wildman–Crippen LogP) is 1.62. The minimum absolute atomic E-state index is 0.0153. The van der Waals surface area contributed by atoms with Crippen LogP contribution in [0.2, 0.25) is 0 Å². The number of esters is 1. The van der Waals surface area contributed by atoms with E-state index in [9.17, 15) is 14.7 Å². The monoisotopic (exact) mass is 461 g/mol. The van der Waals surface area contributed by atoms with Crippen molar-refractivity contribution >= 4 is 57.6 Å². The molecule has 1 fully saturated rings. The average molecular weight is 461 g/mol. The van der Waals surface area contributed by atoms with E-state index < -0.39 is 11.9 Å². The first kappa shape index (κ1) is 18.3. The third-order valence-electron chi connectivity index (χ3n) is 2.78. The smallest absolute Gasteiger partial charge is 0.331 e. The van der Waals surface area contributed by atoms with Gasteiger partial charge in [0, 0.05) is 11.6 Å². The molecule has 1 saturated heterocycles. The maximum absolute atomic E-state index is 11.6. The number of phenols is 1. The zero-order valence-corrected chi connectivity index (χ0v) is 15.5. The van der Waals surface area contributed by atoms with Gasteiger partial charge in [0.15, 0.2) is 16.7 Å². The number of hydrogen-bond donors (Lipinski definition) is 2. The highest BCUT2D eigenvalue weighted by Crippen LogP contribution is 2.32. The molecule has 0 spiro atoms. The molecule has 0 aromatic heterocycles.